The highest BCUT2D eigenvalue weighted by molar-refractivity contribution is 6.00. The summed E-state index contributed by atoms with van der Waals surface area (Å²) < 4.78 is 15.9. The lowest BCUT2D eigenvalue weighted by Crippen LogP contribution is -2.14. The Balaban J connectivity index is 2.19. The van der Waals surface area contributed by atoms with Crippen LogP contribution in [0.3, 0.4) is 0 Å². The molecule has 7 heteroatoms. The normalized spacial score (nSPS) is 10.5. The summed E-state index contributed by atoms with van der Waals surface area (Å²) in [6, 6.07) is 14.5. The number of esters is 2. The van der Waals surface area contributed by atoms with Gasteiger partial charge in [-0.2, -0.15) is 0 Å². The zero-order valence-corrected chi connectivity index (χ0v) is 16.9. The number of carbonyl (C=O) groups is 3. The van der Waals surface area contributed by atoms with Gasteiger partial charge in [-0.05, 0) is 36.6 Å². The predicted octanol–water partition coefficient (Wildman–Crippen LogP) is 4.01. The smallest absolute Gasteiger partial charge is 0.356 e. The number of ketones is 1. The molecule has 1 heterocycles. The van der Waals surface area contributed by atoms with Gasteiger partial charge in [-0.3, -0.25) is 9.59 Å². The summed E-state index contributed by atoms with van der Waals surface area (Å²) in [7, 11) is 1.24. The summed E-state index contributed by atoms with van der Waals surface area (Å²) in [5.41, 5.74) is 0.854. The molecular formula is C23H21NO6. The number of rotatable bonds is 7. The van der Waals surface area contributed by atoms with E-state index >= 15 is 0 Å². The van der Waals surface area contributed by atoms with Crippen LogP contribution in [0, 0.1) is 0 Å². The molecule has 3 aromatic rings. The van der Waals surface area contributed by atoms with Gasteiger partial charge in [-0.25, -0.2) is 9.78 Å². The molecule has 0 aliphatic rings. The first kappa shape index (κ1) is 21.0. The predicted molar refractivity (Wildman–Crippen MR) is 109 cm³/mol. The van der Waals surface area contributed by atoms with Crippen molar-refractivity contribution in [3.8, 4) is 11.5 Å². The maximum atomic E-state index is 12.3. The van der Waals surface area contributed by atoms with Gasteiger partial charge < -0.3 is 14.2 Å². The molecule has 2 aromatic carbocycles. The molecule has 154 valence electrons. The van der Waals surface area contributed by atoms with Crippen molar-refractivity contribution >= 4 is 28.5 Å². The van der Waals surface area contributed by atoms with Crippen LogP contribution in [-0.2, 0) is 32.1 Å². The standard InChI is InChI=1S/C23H21NO6/c1-14(25)11-20-18-10-9-17(30-16-7-5-4-6-8-16)12-19(18)21(13-29-15(2)26)24-22(20)23(27)28-3/h4-10,12H,11,13H2,1-3H3. The Bertz CT molecular complexity index is 1110. The molecule has 3 rings (SSSR count). The Labute approximate surface area is 173 Å². The fraction of sp³-hybridized carbons (Fsp3) is 0.217. The van der Waals surface area contributed by atoms with Crippen LogP contribution in [-0.4, -0.2) is 29.8 Å². The van der Waals surface area contributed by atoms with Crippen LogP contribution >= 0.6 is 0 Å². The Hall–Kier alpha value is -3.74. The molecule has 0 radical (unpaired) electrons. The first-order chi connectivity index (χ1) is 14.4. The second kappa shape index (κ2) is 9.17. The van der Waals surface area contributed by atoms with E-state index < -0.39 is 11.9 Å². The quantitative estimate of drug-likeness (QED) is 0.547. The SMILES string of the molecule is COC(=O)c1nc(COC(C)=O)c2cc(Oc3ccccc3)ccc2c1CC(C)=O. The number of nitrogens with zero attached hydrogens (tertiary/aromatic N) is 1. The number of fused-ring (bicyclic) bond motifs is 1. The molecule has 0 bridgehead atoms. The molecule has 1 aromatic heterocycles. The van der Waals surface area contributed by atoms with Gasteiger partial charge in [0.15, 0.2) is 5.69 Å². The lowest BCUT2D eigenvalue weighted by Gasteiger charge is -2.15. The molecular weight excluding hydrogens is 386 g/mol. The topological polar surface area (TPSA) is 91.8 Å². The molecule has 0 spiro atoms. The summed E-state index contributed by atoms with van der Waals surface area (Å²) in [5, 5.41) is 1.26. The van der Waals surface area contributed by atoms with Crippen LogP contribution in [0.1, 0.15) is 35.6 Å². The lowest BCUT2D eigenvalue weighted by molar-refractivity contribution is -0.142. The number of hydrogen-bond donors (Lipinski definition) is 0. The van der Waals surface area contributed by atoms with Crippen LogP contribution in [0.5, 0.6) is 11.5 Å². The van der Waals surface area contributed by atoms with E-state index in [1.54, 1.807) is 18.2 Å². The third-order valence-corrected chi connectivity index (χ3v) is 4.36. The fourth-order valence-electron chi connectivity index (χ4n) is 3.08. The van der Waals surface area contributed by atoms with Gasteiger partial charge in [0.1, 0.15) is 23.9 Å². The Morgan fingerprint density at radius 2 is 1.67 bits per heavy atom. The highest BCUT2D eigenvalue weighted by Crippen LogP contribution is 2.31. The van der Waals surface area contributed by atoms with Crippen molar-refractivity contribution in [1.29, 1.82) is 0 Å². The van der Waals surface area contributed by atoms with Gasteiger partial charge in [-0.15, -0.1) is 0 Å². The van der Waals surface area contributed by atoms with Crippen molar-refractivity contribution in [1.82, 2.24) is 4.98 Å². The van der Waals surface area contributed by atoms with Crippen LogP contribution < -0.4 is 4.74 Å². The maximum absolute atomic E-state index is 12.3. The van der Waals surface area contributed by atoms with E-state index in [0.29, 0.717) is 33.5 Å². The Morgan fingerprint density at radius 3 is 2.30 bits per heavy atom. The van der Waals surface area contributed by atoms with E-state index in [1.165, 1.54) is 21.0 Å². The highest BCUT2D eigenvalue weighted by Gasteiger charge is 2.22. The number of carbonyl (C=O) groups excluding carboxylic acids is 3. The second-order valence-electron chi connectivity index (χ2n) is 6.66. The van der Waals surface area contributed by atoms with Gasteiger partial charge in [-0.1, -0.05) is 24.3 Å². The molecule has 0 unspecified atom stereocenters. The van der Waals surface area contributed by atoms with E-state index in [9.17, 15) is 14.4 Å². The molecule has 0 saturated carbocycles. The molecule has 0 saturated heterocycles. The van der Waals surface area contributed by atoms with Crippen LogP contribution in [0.2, 0.25) is 0 Å². The zero-order valence-electron chi connectivity index (χ0n) is 16.9. The maximum Gasteiger partial charge on any atom is 0.356 e. The van der Waals surface area contributed by atoms with Crippen molar-refractivity contribution in [3.63, 3.8) is 0 Å². The number of Topliss-reactive ketones (excluding diaryl/α,β-unsaturated/α-hetero) is 1. The third kappa shape index (κ3) is 4.81. The molecule has 0 aliphatic heterocycles. The Morgan fingerprint density at radius 1 is 0.933 bits per heavy atom. The molecule has 7 nitrogen and oxygen atoms in total. The third-order valence-electron chi connectivity index (χ3n) is 4.36. The zero-order chi connectivity index (χ0) is 21.7. The molecule has 0 atom stereocenters. The van der Waals surface area contributed by atoms with Gasteiger partial charge in [0.25, 0.3) is 0 Å². The Kier molecular flexibility index (Phi) is 6.41. The van der Waals surface area contributed by atoms with E-state index in [-0.39, 0.29) is 24.5 Å². The van der Waals surface area contributed by atoms with Gasteiger partial charge in [0, 0.05) is 24.3 Å². The number of aromatic nitrogens is 1. The highest BCUT2D eigenvalue weighted by atomic mass is 16.5. The number of benzene rings is 2. The van der Waals surface area contributed by atoms with Gasteiger partial charge in [0.2, 0.25) is 0 Å². The second-order valence-corrected chi connectivity index (χ2v) is 6.66. The first-order valence-electron chi connectivity index (χ1n) is 9.28. The molecule has 0 N–H and O–H groups in total. The minimum Gasteiger partial charge on any atom is -0.464 e. The average Bonchev–Trinajstić information content (AvgIpc) is 2.72. The van der Waals surface area contributed by atoms with Gasteiger partial charge >= 0.3 is 11.9 Å². The number of para-hydroxylation sites is 1. The minimum atomic E-state index is -0.665. The van der Waals surface area contributed by atoms with E-state index in [1.807, 2.05) is 30.3 Å². The summed E-state index contributed by atoms with van der Waals surface area (Å²) >= 11 is 0. The molecule has 0 amide bonds. The number of ether oxygens (including phenoxy) is 3. The van der Waals surface area contributed by atoms with Crippen molar-refractivity contribution in [3.05, 3.63) is 65.5 Å². The monoisotopic (exact) mass is 407 g/mol. The number of hydrogen-bond acceptors (Lipinski definition) is 7. The minimum absolute atomic E-state index is 0.0146. The fourth-order valence-corrected chi connectivity index (χ4v) is 3.08. The number of methoxy groups -OCH3 is 1. The van der Waals surface area contributed by atoms with Crippen molar-refractivity contribution < 1.29 is 28.6 Å². The van der Waals surface area contributed by atoms with Crippen LogP contribution in [0.4, 0.5) is 0 Å². The van der Waals surface area contributed by atoms with Crippen LogP contribution in [0.15, 0.2) is 48.5 Å². The lowest BCUT2D eigenvalue weighted by atomic mass is 9.97. The van der Waals surface area contributed by atoms with Crippen molar-refractivity contribution in [2.24, 2.45) is 0 Å². The van der Waals surface area contributed by atoms with E-state index in [2.05, 4.69) is 4.98 Å². The first-order valence-corrected chi connectivity index (χ1v) is 9.28. The van der Waals surface area contributed by atoms with E-state index in [4.69, 9.17) is 14.2 Å². The summed E-state index contributed by atoms with van der Waals surface area (Å²) in [6.07, 6.45) is 0.0146. The largest absolute Gasteiger partial charge is 0.464 e. The van der Waals surface area contributed by atoms with Crippen molar-refractivity contribution in [2.75, 3.05) is 7.11 Å². The van der Waals surface area contributed by atoms with Crippen molar-refractivity contribution in [2.45, 2.75) is 26.9 Å². The molecule has 30 heavy (non-hydrogen) atoms. The van der Waals surface area contributed by atoms with E-state index in [0.717, 1.165) is 0 Å². The van der Waals surface area contributed by atoms with Gasteiger partial charge in [0.05, 0.1) is 12.8 Å². The summed E-state index contributed by atoms with van der Waals surface area (Å²) in [4.78, 5) is 39.9. The van der Waals surface area contributed by atoms with Crippen LogP contribution in [0.25, 0.3) is 10.8 Å². The summed E-state index contributed by atoms with van der Waals surface area (Å²) in [5.74, 6) is -0.0721. The summed E-state index contributed by atoms with van der Waals surface area (Å²) in [6.45, 7) is 2.59. The molecule has 0 aliphatic carbocycles. The molecule has 0 fully saturated rings. The number of pyridine rings is 1. The average molecular weight is 407 g/mol.